The molecule has 0 bridgehead atoms. The highest BCUT2D eigenvalue weighted by molar-refractivity contribution is 7.93. The largest absolute Gasteiger partial charge is 0.493 e. The number of aliphatic hydroxyl groups excluding tert-OH is 1. The second-order valence-electron chi connectivity index (χ2n) is 7.28. The molecule has 166 valence electrons. The van der Waals surface area contributed by atoms with Crippen molar-refractivity contribution in [3.8, 4) is 23.3 Å². The maximum absolute atomic E-state index is 13.5. The number of sulfonamides is 1. The van der Waals surface area contributed by atoms with Crippen LogP contribution in [0.3, 0.4) is 0 Å². The topological polar surface area (TPSA) is 102 Å². The first-order valence-electron chi connectivity index (χ1n) is 9.23. The lowest BCUT2D eigenvalue weighted by atomic mass is 10.2. The van der Waals surface area contributed by atoms with E-state index < -0.39 is 21.7 Å². The lowest BCUT2D eigenvalue weighted by Crippen LogP contribution is -2.41. The molecule has 0 aliphatic rings. The molecule has 2 aromatic carbocycles. The standard InChI is InChI=1S/C22H25NO7S/c1-22(2,3)30-21(25)23(17-11-12-19(28-4)20(15-17)29-5)31(26,27)18-10-6-8-16(14-18)9-7-13-24/h6,8,10-12,14-15,24H,13H2,1-5H3. The maximum Gasteiger partial charge on any atom is 0.429 e. The summed E-state index contributed by atoms with van der Waals surface area (Å²) < 4.78 is 43.4. The molecule has 0 saturated heterocycles. The third kappa shape index (κ3) is 5.90. The van der Waals surface area contributed by atoms with E-state index in [0.717, 1.165) is 0 Å². The van der Waals surface area contributed by atoms with Crippen molar-refractivity contribution in [3.63, 3.8) is 0 Å². The van der Waals surface area contributed by atoms with Gasteiger partial charge in [0.2, 0.25) is 0 Å². The molecule has 0 atom stereocenters. The molecule has 0 radical (unpaired) electrons. The Kier molecular flexibility index (Phi) is 7.55. The van der Waals surface area contributed by atoms with Crippen LogP contribution >= 0.6 is 0 Å². The number of rotatable bonds is 5. The summed E-state index contributed by atoms with van der Waals surface area (Å²) in [7, 11) is -1.54. The summed E-state index contributed by atoms with van der Waals surface area (Å²) in [4.78, 5) is 12.8. The number of ether oxygens (including phenoxy) is 3. The molecule has 0 aliphatic carbocycles. The van der Waals surface area contributed by atoms with Gasteiger partial charge >= 0.3 is 6.09 Å². The Bertz CT molecular complexity index is 1110. The highest BCUT2D eigenvalue weighted by Gasteiger charge is 2.35. The van der Waals surface area contributed by atoms with E-state index in [1.54, 1.807) is 26.8 Å². The monoisotopic (exact) mass is 447 g/mol. The molecule has 0 aliphatic heterocycles. The minimum atomic E-state index is -4.39. The molecule has 31 heavy (non-hydrogen) atoms. The van der Waals surface area contributed by atoms with Gasteiger partial charge in [-0.25, -0.2) is 13.2 Å². The van der Waals surface area contributed by atoms with Gasteiger partial charge in [0.15, 0.2) is 11.5 Å². The fourth-order valence-corrected chi connectivity index (χ4v) is 3.94. The van der Waals surface area contributed by atoms with Gasteiger partial charge in [0.1, 0.15) is 12.2 Å². The van der Waals surface area contributed by atoms with Crippen molar-refractivity contribution in [1.82, 2.24) is 0 Å². The number of anilines is 1. The van der Waals surface area contributed by atoms with Crippen molar-refractivity contribution in [2.75, 3.05) is 25.1 Å². The Morgan fingerprint density at radius 1 is 1.06 bits per heavy atom. The van der Waals surface area contributed by atoms with Crippen LogP contribution < -0.4 is 13.8 Å². The zero-order valence-electron chi connectivity index (χ0n) is 18.0. The van der Waals surface area contributed by atoms with Crippen molar-refractivity contribution in [2.24, 2.45) is 0 Å². The maximum atomic E-state index is 13.5. The molecule has 0 heterocycles. The van der Waals surface area contributed by atoms with E-state index in [2.05, 4.69) is 11.8 Å². The molecule has 8 nitrogen and oxygen atoms in total. The number of hydrogen-bond acceptors (Lipinski definition) is 7. The van der Waals surface area contributed by atoms with E-state index in [4.69, 9.17) is 19.3 Å². The summed E-state index contributed by atoms with van der Waals surface area (Å²) in [5.41, 5.74) is -0.555. The van der Waals surface area contributed by atoms with Crippen LogP contribution in [-0.4, -0.2) is 46.0 Å². The van der Waals surface area contributed by atoms with Gasteiger partial charge in [0.05, 0.1) is 24.8 Å². The van der Waals surface area contributed by atoms with Crippen LogP contribution in [0, 0.1) is 11.8 Å². The third-order valence-electron chi connectivity index (χ3n) is 3.84. The average Bonchev–Trinajstić information content (AvgIpc) is 2.70. The van der Waals surface area contributed by atoms with Crippen LogP contribution in [0.4, 0.5) is 10.5 Å². The highest BCUT2D eigenvalue weighted by Crippen LogP contribution is 2.34. The van der Waals surface area contributed by atoms with Crippen LogP contribution in [0.1, 0.15) is 26.3 Å². The molecule has 0 fully saturated rings. The average molecular weight is 448 g/mol. The molecule has 2 aromatic rings. The molecular weight excluding hydrogens is 422 g/mol. The van der Waals surface area contributed by atoms with Crippen LogP contribution in [0.25, 0.3) is 0 Å². The van der Waals surface area contributed by atoms with Gasteiger partial charge in [-0.05, 0) is 51.1 Å². The molecule has 9 heteroatoms. The number of aliphatic hydroxyl groups is 1. The summed E-state index contributed by atoms with van der Waals surface area (Å²) in [5, 5.41) is 8.88. The smallest absolute Gasteiger partial charge is 0.429 e. The molecule has 0 spiro atoms. The van der Waals surface area contributed by atoms with E-state index >= 15 is 0 Å². The van der Waals surface area contributed by atoms with Crippen molar-refractivity contribution in [1.29, 1.82) is 0 Å². The first kappa shape index (κ1) is 24.1. The summed E-state index contributed by atoms with van der Waals surface area (Å²) in [6.45, 7) is 4.53. The highest BCUT2D eigenvalue weighted by atomic mass is 32.2. The predicted octanol–water partition coefficient (Wildman–Crippen LogP) is 3.18. The van der Waals surface area contributed by atoms with Crippen LogP contribution in [-0.2, 0) is 14.8 Å². The Balaban J connectivity index is 2.66. The quantitative estimate of drug-likeness (QED) is 0.702. The molecule has 2 rings (SSSR count). The fraction of sp³-hybridized carbons (Fsp3) is 0.318. The zero-order chi connectivity index (χ0) is 23.2. The van der Waals surface area contributed by atoms with Gasteiger partial charge in [-0.15, -0.1) is 0 Å². The van der Waals surface area contributed by atoms with Gasteiger partial charge in [0.25, 0.3) is 10.0 Å². The van der Waals surface area contributed by atoms with E-state index in [1.165, 1.54) is 50.6 Å². The number of amides is 1. The summed E-state index contributed by atoms with van der Waals surface area (Å²) in [6, 6.07) is 10.0. The molecule has 1 N–H and O–H groups in total. The molecule has 0 aromatic heterocycles. The molecule has 0 saturated carbocycles. The second-order valence-corrected chi connectivity index (χ2v) is 9.06. The summed E-state index contributed by atoms with van der Waals surface area (Å²) in [5.74, 6) is 5.72. The fourth-order valence-electron chi connectivity index (χ4n) is 2.58. The lowest BCUT2D eigenvalue weighted by Gasteiger charge is -2.27. The first-order valence-corrected chi connectivity index (χ1v) is 10.7. The number of hydrogen-bond donors (Lipinski definition) is 1. The van der Waals surface area contributed by atoms with Crippen LogP contribution in [0.5, 0.6) is 11.5 Å². The van der Waals surface area contributed by atoms with Crippen LogP contribution in [0.2, 0.25) is 0 Å². The minimum absolute atomic E-state index is 0.0127. The summed E-state index contributed by atoms with van der Waals surface area (Å²) in [6.07, 6.45) is -1.08. The summed E-state index contributed by atoms with van der Waals surface area (Å²) >= 11 is 0. The number of benzene rings is 2. The SMILES string of the molecule is COc1ccc(N(C(=O)OC(C)(C)C)S(=O)(=O)c2cccc(C#CCO)c2)cc1OC. The third-order valence-corrected chi connectivity index (χ3v) is 5.54. The van der Waals surface area contributed by atoms with Crippen molar-refractivity contribution in [3.05, 3.63) is 48.0 Å². The second kappa shape index (κ2) is 9.73. The number of nitrogens with zero attached hydrogens (tertiary/aromatic N) is 1. The van der Waals surface area contributed by atoms with E-state index in [1.807, 2.05) is 0 Å². The predicted molar refractivity (Wildman–Crippen MR) is 116 cm³/mol. The Morgan fingerprint density at radius 2 is 1.74 bits per heavy atom. The molecular formula is C22H25NO7S. The van der Waals surface area contributed by atoms with Crippen molar-refractivity contribution < 1.29 is 32.5 Å². The van der Waals surface area contributed by atoms with Gasteiger partial charge in [-0.3, -0.25) is 0 Å². The number of carbonyl (C=O) groups is 1. The Morgan fingerprint density at radius 3 is 2.32 bits per heavy atom. The Labute approximate surface area is 182 Å². The normalized spacial score (nSPS) is 11.2. The van der Waals surface area contributed by atoms with Crippen molar-refractivity contribution in [2.45, 2.75) is 31.3 Å². The van der Waals surface area contributed by atoms with Gasteiger partial charge in [0, 0.05) is 11.6 Å². The van der Waals surface area contributed by atoms with E-state index in [9.17, 15) is 13.2 Å². The minimum Gasteiger partial charge on any atom is -0.493 e. The number of methoxy groups -OCH3 is 2. The molecule has 1 amide bonds. The number of carbonyl (C=O) groups excluding carboxylic acids is 1. The lowest BCUT2D eigenvalue weighted by molar-refractivity contribution is 0.0609. The van der Waals surface area contributed by atoms with E-state index in [-0.39, 0.29) is 22.9 Å². The van der Waals surface area contributed by atoms with E-state index in [0.29, 0.717) is 15.6 Å². The first-order chi connectivity index (χ1) is 14.5. The Hall–Kier alpha value is -3.22. The molecule has 0 unspecified atom stereocenters. The van der Waals surface area contributed by atoms with Crippen molar-refractivity contribution >= 4 is 21.8 Å². The zero-order valence-corrected chi connectivity index (χ0v) is 18.8. The van der Waals surface area contributed by atoms with Gasteiger partial charge in [-0.2, -0.15) is 4.31 Å². The van der Waals surface area contributed by atoms with Crippen LogP contribution in [0.15, 0.2) is 47.4 Å². The van der Waals surface area contributed by atoms with Gasteiger partial charge < -0.3 is 19.3 Å². The van der Waals surface area contributed by atoms with Gasteiger partial charge in [-0.1, -0.05) is 17.9 Å².